The average Bonchev–Trinajstić information content (AvgIpc) is 2.53. The lowest BCUT2D eigenvalue weighted by Crippen LogP contribution is -2.22. The van der Waals surface area contributed by atoms with Crippen molar-refractivity contribution in [1.82, 2.24) is 0 Å². The SMILES string of the molecule is N#Cc1ccc(OCC(=O)Nc2ccccc2C(F)(F)F)c(Cl)c1. The molecule has 0 aliphatic rings. The van der Waals surface area contributed by atoms with Crippen LogP contribution in [0.1, 0.15) is 11.1 Å². The van der Waals surface area contributed by atoms with E-state index in [1.807, 2.05) is 6.07 Å². The average molecular weight is 355 g/mol. The second-order valence-electron chi connectivity index (χ2n) is 4.64. The minimum absolute atomic E-state index is 0.123. The Kier molecular flexibility index (Phi) is 5.31. The lowest BCUT2D eigenvalue weighted by molar-refractivity contribution is -0.137. The van der Waals surface area contributed by atoms with Crippen LogP contribution in [0.3, 0.4) is 0 Å². The Labute approximate surface area is 140 Å². The van der Waals surface area contributed by atoms with Gasteiger partial charge in [0.2, 0.25) is 0 Å². The minimum Gasteiger partial charge on any atom is -0.482 e. The van der Waals surface area contributed by atoms with E-state index in [9.17, 15) is 18.0 Å². The molecule has 2 rings (SSSR count). The highest BCUT2D eigenvalue weighted by atomic mass is 35.5. The van der Waals surface area contributed by atoms with Crippen molar-refractivity contribution in [1.29, 1.82) is 5.26 Å². The number of alkyl halides is 3. The molecule has 124 valence electrons. The number of amides is 1. The molecule has 0 unspecified atom stereocenters. The maximum Gasteiger partial charge on any atom is 0.418 e. The molecule has 0 saturated carbocycles. The summed E-state index contributed by atoms with van der Waals surface area (Å²) >= 11 is 5.88. The number of hydrogen-bond acceptors (Lipinski definition) is 3. The Balaban J connectivity index is 2.04. The van der Waals surface area contributed by atoms with Crippen molar-refractivity contribution in [3.8, 4) is 11.8 Å². The van der Waals surface area contributed by atoms with Crippen LogP contribution in [-0.2, 0) is 11.0 Å². The van der Waals surface area contributed by atoms with Crippen molar-refractivity contribution in [2.75, 3.05) is 11.9 Å². The number of nitrogens with zero attached hydrogens (tertiary/aromatic N) is 1. The number of anilines is 1. The molecule has 8 heteroatoms. The van der Waals surface area contributed by atoms with Gasteiger partial charge in [0.25, 0.3) is 5.91 Å². The number of carbonyl (C=O) groups excluding carboxylic acids is 1. The summed E-state index contributed by atoms with van der Waals surface area (Å²) in [6, 6.07) is 10.7. The third kappa shape index (κ3) is 4.40. The topological polar surface area (TPSA) is 62.1 Å². The van der Waals surface area contributed by atoms with Gasteiger partial charge >= 0.3 is 6.18 Å². The zero-order valence-corrected chi connectivity index (χ0v) is 12.8. The Bertz CT molecular complexity index is 801. The van der Waals surface area contributed by atoms with Gasteiger partial charge in [-0.15, -0.1) is 0 Å². The molecule has 0 aliphatic heterocycles. The highest BCUT2D eigenvalue weighted by Gasteiger charge is 2.33. The van der Waals surface area contributed by atoms with Crippen LogP contribution < -0.4 is 10.1 Å². The van der Waals surface area contributed by atoms with Gasteiger partial charge in [-0.3, -0.25) is 4.79 Å². The fourth-order valence-electron chi connectivity index (χ4n) is 1.86. The molecule has 0 radical (unpaired) electrons. The highest BCUT2D eigenvalue weighted by Crippen LogP contribution is 2.34. The maximum atomic E-state index is 12.8. The first kappa shape index (κ1) is 17.6. The molecule has 0 fully saturated rings. The highest BCUT2D eigenvalue weighted by molar-refractivity contribution is 6.32. The summed E-state index contributed by atoms with van der Waals surface area (Å²) in [7, 11) is 0. The summed E-state index contributed by atoms with van der Waals surface area (Å²) in [6.45, 7) is -0.530. The van der Waals surface area contributed by atoms with E-state index in [0.29, 0.717) is 5.56 Å². The Morgan fingerprint density at radius 1 is 1.25 bits per heavy atom. The van der Waals surface area contributed by atoms with Crippen LogP contribution >= 0.6 is 11.6 Å². The van der Waals surface area contributed by atoms with Crippen LogP contribution in [0.2, 0.25) is 5.02 Å². The largest absolute Gasteiger partial charge is 0.482 e. The van der Waals surface area contributed by atoms with Crippen molar-refractivity contribution in [3.05, 3.63) is 58.6 Å². The minimum atomic E-state index is -4.58. The third-order valence-corrected chi connectivity index (χ3v) is 3.22. The predicted octanol–water partition coefficient (Wildman–Crippen LogP) is 4.25. The van der Waals surface area contributed by atoms with E-state index < -0.39 is 24.3 Å². The van der Waals surface area contributed by atoms with Gasteiger partial charge in [0.1, 0.15) is 5.75 Å². The number of rotatable bonds is 4. The predicted molar refractivity (Wildman–Crippen MR) is 81.7 cm³/mol. The Hall–Kier alpha value is -2.72. The van der Waals surface area contributed by atoms with E-state index in [1.165, 1.54) is 30.3 Å². The van der Waals surface area contributed by atoms with Crippen molar-refractivity contribution >= 4 is 23.2 Å². The van der Waals surface area contributed by atoms with Crippen LogP contribution in [-0.4, -0.2) is 12.5 Å². The van der Waals surface area contributed by atoms with E-state index in [1.54, 1.807) is 0 Å². The first-order chi connectivity index (χ1) is 11.3. The Morgan fingerprint density at radius 2 is 1.96 bits per heavy atom. The van der Waals surface area contributed by atoms with E-state index in [-0.39, 0.29) is 16.5 Å². The number of halogens is 4. The first-order valence-electron chi connectivity index (χ1n) is 6.60. The molecule has 0 aliphatic carbocycles. The zero-order chi connectivity index (χ0) is 17.7. The first-order valence-corrected chi connectivity index (χ1v) is 6.97. The monoisotopic (exact) mass is 354 g/mol. The fourth-order valence-corrected chi connectivity index (χ4v) is 2.09. The molecule has 2 aromatic carbocycles. The van der Waals surface area contributed by atoms with E-state index in [4.69, 9.17) is 21.6 Å². The smallest absolute Gasteiger partial charge is 0.418 e. The second-order valence-corrected chi connectivity index (χ2v) is 5.04. The number of nitrogens with one attached hydrogen (secondary N) is 1. The van der Waals surface area contributed by atoms with Gasteiger partial charge < -0.3 is 10.1 Å². The zero-order valence-electron chi connectivity index (χ0n) is 12.0. The molecular formula is C16H10ClF3N2O2. The molecule has 0 saturated heterocycles. The third-order valence-electron chi connectivity index (χ3n) is 2.93. The van der Waals surface area contributed by atoms with Crippen molar-refractivity contribution in [2.45, 2.75) is 6.18 Å². The quantitative estimate of drug-likeness (QED) is 0.892. The number of ether oxygens (including phenoxy) is 1. The number of para-hydroxylation sites is 1. The second kappa shape index (κ2) is 7.23. The van der Waals surface area contributed by atoms with Gasteiger partial charge in [0, 0.05) is 0 Å². The fraction of sp³-hybridized carbons (Fsp3) is 0.125. The summed E-state index contributed by atoms with van der Waals surface area (Å²) in [6.07, 6.45) is -4.58. The van der Waals surface area contributed by atoms with Gasteiger partial charge in [-0.1, -0.05) is 23.7 Å². The van der Waals surface area contributed by atoms with Crippen molar-refractivity contribution in [3.63, 3.8) is 0 Å². The summed E-state index contributed by atoms with van der Waals surface area (Å²) < 4.78 is 43.7. The number of benzene rings is 2. The van der Waals surface area contributed by atoms with E-state index in [0.717, 1.165) is 12.1 Å². The number of hydrogen-bond donors (Lipinski definition) is 1. The van der Waals surface area contributed by atoms with Gasteiger partial charge in [-0.2, -0.15) is 18.4 Å². The van der Waals surface area contributed by atoms with Crippen LogP contribution in [0.15, 0.2) is 42.5 Å². The lowest BCUT2D eigenvalue weighted by atomic mass is 10.1. The van der Waals surface area contributed by atoms with Crippen molar-refractivity contribution < 1.29 is 22.7 Å². The van der Waals surface area contributed by atoms with Gasteiger partial charge in [-0.05, 0) is 30.3 Å². The molecule has 0 spiro atoms. The van der Waals surface area contributed by atoms with Crippen LogP contribution in [0.25, 0.3) is 0 Å². The number of nitriles is 1. The molecule has 1 N–H and O–H groups in total. The van der Waals surface area contributed by atoms with Gasteiger partial charge in [0.05, 0.1) is 27.9 Å². The Morgan fingerprint density at radius 3 is 2.58 bits per heavy atom. The molecule has 0 heterocycles. The molecule has 0 atom stereocenters. The molecule has 0 bridgehead atoms. The van der Waals surface area contributed by atoms with Gasteiger partial charge in [0.15, 0.2) is 6.61 Å². The number of carbonyl (C=O) groups is 1. The molecule has 4 nitrogen and oxygen atoms in total. The van der Waals surface area contributed by atoms with Crippen LogP contribution in [0, 0.1) is 11.3 Å². The maximum absolute atomic E-state index is 12.8. The van der Waals surface area contributed by atoms with Crippen LogP contribution in [0.5, 0.6) is 5.75 Å². The molecule has 1 amide bonds. The van der Waals surface area contributed by atoms with E-state index in [2.05, 4.69) is 5.32 Å². The summed E-state index contributed by atoms with van der Waals surface area (Å²) in [5.74, 6) is -0.623. The molecule has 24 heavy (non-hydrogen) atoms. The molecule has 0 aromatic heterocycles. The summed E-state index contributed by atoms with van der Waals surface area (Å²) in [4.78, 5) is 11.8. The van der Waals surface area contributed by atoms with E-state index >= 15 is 0 Å². The summed E-state index contributed by atoms with van der Waals surface area (Å²) in [5.41, 5.74) is -0.991. The lowest BCUT2D eigenvalue weighted by Gasteiger charge is -2.14. The summed E-state index contributed by atoms with van der Waals surface area (Å²) in [5, 5.41) is 11.0. The van der Waals surface area contributed by atoms with Gasteiger partial charge in [-0.25, -0.2) is 0 Å². The van der Waals surface area contributed by atoms with Crippen molar-refractivity contribution in [2.24, 2.45) is 0 Å². The molecular weight excluding hydrogens is 345 g/mol. The van der Waals surface area contributed by atoms with Crippen LogP contribution in [0.4, 0.5) is 18.9 Å². The normalized spacial score (nSPS) is 10.8. The molecule has 2 aromatic rings. The standard InChI is InChI=1S/C16H10ClF3N2O2/c17-12-7-10(8-21)5-6-14(12)24-9-15(23)22-13-4-2-1-3-11(13)16(18,19)20/h1-7H,9H2,(H,22,23).